The number of nitrogens with zero attached hydrogens (tertiary/aromatic N) is 1. The predicted molar refractivity (Wildman–Crippen MR) is 114 cm³/mol. The van der Waals surface area contributed by atoms with Crippen molar-refractivity contribution in [3.63, 3.8) is 0 Å². The van der Waals surface area contributed by atoms with Gasteiger partial charge in [0.2, 0.25) is 0 Å². The highest BCUT2D eigenvalue weighted by Crippen LogP contribution is 2.39. The van der Waals surface area contributed by atoms with E-state index < -0.39 is 29.8 Å². The first-order chi connectivity index (χ1) is 17.3. The lowest BCUT2D eigenvalue weighted by atomic mass is 10.1. The van der Waals surface area contributed by atoms with Crippen LogP contribution in [0, 0.1) is 0 Å². The van der Waals surface area contributed by atoms with Crippen LogP contribution in [0.5, 0.6) is 5.75 Å². The molecule has 1 saturated carbocycles. The molecule has 1 amide bonds. The normalized spacial score (nSPS) is 19.6. The molecule has 2 atom stereocenters. The smallest absolute Gasteiger partial charge is 0.490 e. The second-order valence-corrected chi connectivity index (χ2v) is 8.33. The molecule has 9 nitrogen and oxygen atoms in total. The summed E-state index contributed by atoms with van der Waals surface area (Å²) < 4.78 is 87.6. The summed E-state index contributed by atoms with van der Waals surface area (Å²) in [5.74, 6) is -3.18. The lowest BCUT2D eigenvalue weighted by molar-refractivity contribution is -0.192. The first-order valence-electron chi connectivity index (χ1n) is 10.9. The lowest BCUT2D eigenvalue weighted by Gasteiger charge is -2.13. The summed E-state index contributed by atoms with van der Waals surface area (Å²) in [7, 11) is 1.61. The second kappa shape index (κ2) is 11.4. The number of carbonyl (C=O) groups is 2. The van der Waals surface area contributed by atoms with Crippen LogP contribution in [0.4, 0.5) is 26.3 Å². The van der Waals surface area contributed by atoms with Crippen LogP contribution in [0.3, 0.4) is 0 Å². The maximum atomic E-state index is 13.2. The summed E-state index contributed by atoms with van der Waals surface area (Å²) in [5, 5.41) is 13.2. The Morgan fingerprint density at radius 2 is 1.89 bits per heavy atom. The molecule has 37 heavy (non-hydrogen) atoms. The molecule has 2 fully saturated rings. The molecule has 3 N–H and O–H groups in total. The Bertz CT molecular complexity index is 1100. The number of carboxylic acid groups (broad SMARTS) is 1. The van der Waals surface area contributed by atoms with Gasteiger partial charge in [-0.3, -0.25) is 4.79 Å². The number of aliphatic carboxylic acids is 1. The number of rotatable bonds is 7. The first-order valence-corrected chi connectivity index (χ1v) is 10.9. The van der Waals surface area contributed by atoms with Crippen molar-refractivity contribution in [1.29, 1.82) is 0 Å². The molecule has 0 radical (unpaired) electrons. The third-order valence-electron chi connectivity index (χ3n) is 5.26. The number of benzene rings is 1. The van der Waals surface area contributed by atoms with Crippen molar-refractivity contribution in [2.24, 2.45) is 0 Å². The molecule has 15 heteroatoms. The van der Waals surface area contributed by atoms with Gasteiger partial charge < -0.3 is 29.6 Å². The minimum absolute atomic E-state index is 0.0129. The summed E-state index contributed by atoms with van der Waals surface area (Å²) in [5.41, 5.74) is -0.713. The average Bonchev–Trinajstić information content (AvgIpc) is 3.28. The summed E-state index contributed by atoms with van der Waals surface area (Å²) in [6, 6.07) is 3.23. The van der Waals surface area contributed by atoms with Gasteiger partial charge >= 0.3 is 24.2 Å². The highest BCUT2D eigenvalue weighted by Gasteiger charge is 2.38. The number of amides is 1. The Morgan fingerprint density at radius 1 is 1.22 bits per heavy atom. The van der Waals surface area contributed by atoms with E-state index in [4.69, 9.17) is 23.8 Å². The predicted octanol–water partition coefficient (Wildman–Crippen LogP) is 3.64. The molecule has 4 rings (SSSR count). The Balaban J connectivity index is 0.000000479. The minimum atomic E-state index is -5.08. The van der Waals surface area contributed by atoms with Crippen molar-refractivity contribution in [3.05, 3.63) is 35.9 Å². The van der Waals surface area contributed by atoms with Gasteiger partial charge in [0.15, 0.2) is 5.76 Å². The van der Waals surface area contributed by atoms with E-state index in [0.717, 1.165) is 25.0 Å². The Labute approximate surface area is 206 Å². The van der Waals surface area contributed by atoms with Crippen LogP contribution < -0.4 is 15.4 Å². The van der Waals surface area contributed by atoms with Gasteiger partial charge in [-0.1, -0.05) is 0 Å². The molecule has 0 unspecified atom stereocenters. The number of methoxy groups -OCH3 is 1. The van der Waals surface area contributed by atoms with Crippen LogP contribution in [0.2, 0.25) is 0 Å². The molecule has 204 valence electrons. The van der Waals surface area contributed by atoms with Crippen molar-refractivity contribution >= 4 is 11.9 Å². The number of aromatic nitrogens is 1. The molecule has 1 aliphatic heterocycles. The fraction of sp³-hybridized carbons (Fsp3) is 0.500. The third kappa shape index (κ3) is 8.08. The average molecular weight is 539 g/mol. The van der Waals surface area contributed by atoms with E-state index in [2.05, 4.69) is 15.6 Å². The molecular formula is C22H23F6N3O6. The van der Waals surface area contributed by atoms with Crippen LogP contribution in [-0.4, -0.2) is 66.6 Å². The zero-order valence-electron chi connectivity index (χ0n) is 19.3. The molecule has 2 heterocycles. The van der Waals surface area contributed by atoms with Gasteiger partial charge in [-0.15, -0.1) is 0 Å². The summed E-state index contributed by atoms with van der Waals surface area (Å²) >= 11 is 0. The van der Waals surface area contributed by atoms with E-state index in [-0.39, 0.29) is 41.2 Å². The highest BCUT2D eigenvalue weighted by molar-refractivity contribution is 5.90. The van der Waals surface area contributed by atoms with Crippen molar-refractivity contribution in [2.75, 3.05) is 20.3 Å². The number of alkyl halides is 6. The van der Waals surface area contributed by atoms with Crippen LogP contribution >= 0.6 is 0 Å². The van der Waals surface area contributed by atoms with Gasteiger partial charge in [0.05, 0.1) is 30.0 Å². The number of carboxylic acids is 1. The molecule has 1 aromatic carbocycles. The summed E-state index contributed by atoms with van der Waals surface area (Å²) in [4.78, 5) is 25.3. The number of oxazole rings is 1. The monoisotopic (exact) mass is 539 g/mol. The fourth-order valence-electron chi connectivity index (χ4n) is 3.37. The number of nitrogens with one attached hydrogen (secondary N) is 2. The Morgan fingerprint density at radius 3 is 2.46 bits per heavy atom. The molecule has 1 aliphatic carbocycles. The standard InChI is InChI=1S/C20H22F3N3O4.C2HF3O2/c1-28-10-13-7-12(8-24-13)26-18(27)19-25-9-17(30-19)15-6-11(20(21,22)23)2-5-16(15)29-14-3-4-14;3-2(4,5)1(6)7/h2,5-6,9,12-14,24H,3-4,7-8,10H2,1H3,(H,26,27);(H,6,7)/t12-,13+;/m1./s1. The Kier molecular flexibility index (Phi) is 8.68. The van der Waals surface area contributed by atoms with Crippen molar-refractivity contribution in [1.82, 2.24) is 15.6 Å². The molecular weight excluding hydrogens is 516 g/mol. The van der Waals surface area contributed by atoms with Crippen LogP contribution in [-0.2, 0) is 15.7 Å². The molecule has 0 spiro atoms. The van der Waals surface area contributed by atoms with Gasteiger partial charge in [0.1, 0.15) is 5.75 Å². The van der Waals surface area contributed by atoms with Gasteiger partial charge in [-0.05, 0) is 37.5 Å². The number of ether oxygens (including phenoxy) is 2. The first kappa shape index (κ1) is 28.2. The second-order valence-electron chi connectivity index (χ2n) is 8.33. The van der Waals surface area contributed by atoms with Crippen LogP contribution in [0.25, 0.3) is 11.3 Å². The van der Waals surface area contributed by atoms with Gasteiger partial charge in [-0.2, -0.15) is 26.3 Å². The topological polar surface area (TPSA) is 123 Å². The molecule has 0 bridgehead atoms. The minimum Gasteiger partial charge on any atom is -0.490 e. The maximum absolute atomic E-state index is 13.2. The number of hydrogen-bond acceptors (Lipinski definition) is 7. The molecule has 1 aromatic heterocycles. The zero-order chi connectivity index (χ0) is 27.4. The van der Waals surface area contributed by atoms with Crippen molar-refractivity contribution in [3.8, 4) is 17.1 Å². The maximum Gasteiger partial charge on any atom is 0.490 e. The summed E-state index contributed by atoms with van der Waals surface area (Å²) in [6.45, 7) is 1.12. The van der Waals surface area contributed by atoms with E-state index in [0.29, 0.717) is 19.6 Å². The van der Waals surface area contributed by atoms with E-state index in [1.165, 1.54) is 12.3 Å². The molecule has 2 aliphatic rings. The molecule has 1 saturated heterocycles. The Hall–Kier alpha value is -3.33. The summed E-state index contributed by atoms with van der Waals surface area (Å²) in [6.07, 6.45) is -5.97. The number of hydrogen-bond donors (Lipinski definition) is 3. The van der Waals surface area contributed by atoms with Crippen LogP contribution in [0.15, 0.2) is 28.8 Å². The number of halogens is 6. The van der Waals surface area contributed by atoms with Gasteiger partial charge in [0, 0.05) is 25.7 Å². The van der Waals surface area contributed by atoms with E-state index in [1.54, 1.807) is 7.11 Å². The van der Waals surface area contributed by atoms with E-state index >= 15 is 0 Å². The highest BCUT2D eigenvalue weighted by atomic mass is 19.4. The van der Waals surface area contributed by atoms with Gasteiger partial charge in [0.25, 0.3) is 5.89 Å². The van der Waals surface area contributed by atoms with E-state index in [1.807, 2.05) is 0 Å². The molecule has 2 aromatic rings. The SMILES string of the molecule is COC[C@@H]1C[C@@H](NC(=O)c2ncc(-c3cc(C(F)(F)F)ccc3OC3CC3)o2)CN1.O=C(O)C(F)(F)F. The van der Waals surface area contributed by atoms with Crippen molar-refractivity contribution < 1.29 is 54.9 Å². The quantitative estimate of drug-likeness (QED) is 0.456. The zero-order valence-corrected chi connectivity index (χ0v) is 19.3. The lowest BCUT2D eigenvalue weighted by Crippen LogP contribution is -2.36. The van der Waals surface area contributed by atoms with E-state index in [9.17, 15) is 31.1 Å². The van der Waals surface area contributed by atoms with Crippen LogP contribution in [0.1, 0.15) is 35.5 Å². The van der Waals surface area contributed by atoms with Crippen molar-refractivity contribution in [2.45, 2.75) is 49.8 Å². The van der Waals surface area contributed by atoms with Gasteiger partial charge in [-0.25, -0.2) is 9.78 Å². The third-order valence-corrected chi connectivity index (χ3v) is 5.26. The largest absolute Gasteiger partial charge is 0.490 e. The fourth-order valence-corrected chi connectivity index (χ4v) is 3.37. The number of carbonyl (C=O) groups excluding carboxylic acids is 1.